The van der Waals surface area contributed by atoms with Gasteiger partial charge >= 0.3 is 0 Å². The quantitative estimate of drug-likeness (QED) is 0.0606. The number of likely N-dealkylation sites (N-methyl/N-ethyl adjacent to an activating group) is 1. The Bertz CT molecular complexity index is 2690. The van der Waals surface area contributed by atoms with Crippen molar-refractivity contribution in [2.24, 2.45) is 16.6 Å². The Morgan fingerprint density at radius 1 is 0.942 bits per heavy atom. The van der Waals surface area contributed by atoms with Crippen molar-refractivity contribution in [2.45, 2.75) is 64.7 Å². The molecule has 0 radical (unpaired) electrons. The van der Waals surface area contributed by atoms with Crippen molar-refractivity contribution >= 4 is 39.7 Å². The zero-order chi connectivity index (χ0) is 50.6. The Balaban J connectivity index is 1.68. The molecule has 69 heavy (non-hydrogen) atoms. The van der Waals surface area contributed by atoms with Crippen molar-refractivity contribution in [3.05, 3.63) is 88.2 Å². The minimum absolute atomic E-state index is 0.00606. The number of hydrogen-bond acceptors (Lipinski definition) is 15. The molecule has 0 saturated carbocycles. The van der Waals surface area contributed by atoms with Crippen LogP contribution >= 0.6 is 0 Å². The lowest BCUT2D eigenvalue weighted by molar-refractivity contribution is -0.141. The number of amides is 5. The van der Waals surface area contributed by atoms with Gasteiger partial charge in [-0.25, -0.2) is 15.1 Å². The average molecular weight is 971 g/mol. The van der Waals surface area contributed by atoms with Crippen LogP contribution in [0.5, 0.6) is 17.2 Å². The van der Waals surface area contributed by atoms with Crippen molar-refractivity contribution in [3.63, 3.8) is 0 Å². The Labute approximate surface area is 400 Å². The minimum atomic E-state index is -4.46. The number of methoxy groups -OCH3 is 1. The van der Waals surface area contributed by atoms with Crippen LogP contribution in [0.4, 0.5) is 0 Å². The number of carbonyl (C=O) groups is 5. The fraction of sp³-hybridized carbons (Fsp3) is 0.391. The van der Waals surface area contributed by atoms with E-state index in [0.717, 1.165) is 16.9 Å². The number of ether oxygens (including phenoxy) is 3. The second-order valence-electron chi connectivity index (χ2n) is 16.0. The number of aromatic nitrogens is 2. The SMILES string of the molecule is CCc1ccc(-c2nc(C)c(C(=O)N[C@@H](CNS(N)(=O)=O)C(=O)N(C)[C@@H]3C(=O)N[C@@H](C)C(=O)N[C@H](C(=O)NCC#N)Cc4ccc(OCCN)c(c4)-c4cc3cc(OCCN)c4OC)c(C)n2)cc1. The summed E-state index contributed by atoms with van der Waals surface area (Å²) in [5.41, 5.74) is 15.3. The molecule has 5 rings (SSSR count). The summed E-state index contributed by atoms with van der Waals surface area (Å²) in [4.78, 5) is 81.2. The average Bonchev–Trinajstić information content (AvgIpc) is 3.31. The molecule has 0 unspecified atom stereocenters. The molecule has 4 bridgehead atoms. The molecule has 5 amide bonds. The maximum Gasteiger partial charge on any atom is 0.274 e. The van der Waals surface area contributed by atoms with Crippen LogP contribution in [0.1, 0.15) is 58.3 Å². The van der Waals surface area contributed by atoms with Crippen LogP contribution in [0.15, 0.2) is 54.6 Å². The molecule has 4 aromatic rings. The van der Waals surface area contributed by atoms with Crippen molar-refractivity contribution in [1.82, 2.24) is 40.9 Å². The van der Waals surface area contributed by atoms with Crippen LogP contribution in [0, 0.1) is 25.2 Å². The standard InChI is InChI=1S/C46H58N12O10S/c1-7-28-8-11-30(12-9-28)41-53-25(2)38(26(3)54-41)44(61)57-35(24-52-69(50,64)65)46(63)58(5)39-31-22-33(40(66-6)37(23-31)68-19-16-49)32-20-29(10-13-36(32)67-18-15-48)21-34(43(60)51-17-14-47)56-42(59)27(4)55-45(39)62/h8-13,20,22-23,27,34-35,39,52H,7,15-19,21,24,48-49H2,1-6H3,(H,51,60)(H,55,62)(H,56,59)(H,57,61)(H2,50,64,65)/t27-,34-,35-,39-/m0/s1. The molecule has 0 aliphatic carbocycles. The number of benzene rings is 3. The summed E-state index contributed by atoms with van der Waals surface area (Å²) in [6, 6.07) is 11.4. The smallest absolute Gasteiger partial charge is 0.274 e. The molecule has 4 atom stereocenters. The monoisotopic (exact) mass is 970 g/mol. The molecule has 11 N–H and O–H groups in total. The van der Waals surface area contributed by atoms with Gasteiger partial charge in [-0.1, -0.05) is 37.3 Å². The second-order valence-corrected chi connectivity index (χ2v) is 17.4. The van der Waals surface area contributed by atoms with Gasteiger partial charge in [0.25, 0.3) is 16.1 Å². The van der Waals surface area contributed by atoms with Gasteiger partial charge in [0.15, 0.2) is 17.3 Å². The molecule has 0 fully saturated rings. The first-order chi connectivity index (χ1) is 32.8. The van der Waals surface area contributed by atoms with Gasteiger partial charge in [0.2, 0.25) is 23.6 Å². The van der Waals surface area contributed by atoms with Gasteiger partial charge in [-0.3, -0.25) is 24.0 Å². The first-order valence-electron chi connectivity index (χ1n) is 21.9. The van der Waals surface area contributed by atoms with Gasteiger partial charge in [0.1, 0.15) is 49.7 Å². The van der Waals surface area contributed by atoms with Crippen molar-refractivity contribution < 1.29 is 46.6 Å². The highest BCUT2D eigenvalue weighted by Gasteiger charge is 2.38. The predicted molar refractivity (Wildman–Crippen MR) is 254 cm³/mol. The van der Waals surface area contributed by atoms with E-state index in [1.165, 1.54) is 27.1 Å². The number of carbonyl (C=O) groups excluding carboxylic acids is 5. The van der Waals surface area contributed by atoms with E-state index in [1.807, 2.05) is 37.3 Å². The highest BCUT2D eigenvalue weighted by Crippen LogP contribution is 2.45. The lowest BCUT2D eigenvalue weighted by atomic mass is 9.93. The van der Waals surface area contributed by atoms with Crippen molar-refractivity contribution in [2.75, 3.05) is 53.6 Å². The summed E-state index contributed by atoms with van der Waals surface area (Å²) >= 11 is 0. The number of aryl methyl sites for hydroxylation is 3. The molecule has 3 aromatic carbocycles. The molecular formula is C46H58N12O10S. The Morgan fingerprint density at radius 2 is 1.59 bits per heavy atom. The van der Waals surface area contributed by atoms with Gasteiger partial charge in [-0.05, 0) is 68.1 Å². The molecule has 0 saturated heterocycles. The van der Waals surface area contributed by atoms with E-state index in [-0.39, 0.29) is 78.8 Å². The number of hydrogen-bond donors (Lipinski definition) is 8. The van der Waals surface area contributed by atoms with Crippen LogP contribution in [0.2, 0.25) is 0 Å². The Kier molecular flexibility index (Phi) is 18.1. The topological polar surface area (TPSA) is 338 Å². The maximum absolute atomic E-state index is 14.9. The summed E-state index contributed by atoms with van der Waals surface area (Å²) in [5.74, 6) is -3.37. The van der Waals surface area contributed by atoms with E-state index in [2.05, 4.69) is 36.0 Å². The number of nitrogens with two attached hydrogens (primary N) is 3. The number of rotatable bonds is 18. The molecule has 368 valence electrons. The zero-order valence-electron chi connectivity index (χ0n) is 39.2. The molecule has 1 aliphatic heterocycles. The van der Waals surface area contributed by atoms with E-state index in [4.69, 9.17) is 30.8 Å². The minimum Gasteiger partial charge on any atom is -0.492 e. The number of nitriles is 1. The van der Waals surface area contributed by atoms with Gasteiger partial charge in [0, 0.05) is 49.8 Å². The van der Waals surface area contributed by atoms with E-state index in [1.54, 1.807) is 38.1 Å². The Morgan fingerprint density at radius 3 is 2.19 bits per heavy atom. The predicted octanol–water partition coefficient (Wildman–Crippen LogP) is -0.0500. The zero-order valence-corrected chi connectivity index (χ0v) is 40.0. The molecule has 1 aromatic heterocycles. The van der Waals surface area contributed by atoms with Gasteiger partial charge in [-0.15, -0.1) is 0 Å². The van der Waals surface area contributed by atoms with Gasteiger partial charge < -0.3 is 51.8 Å². The van der Waals surface area contributed by atoms with E-state index < -0.39 is 70.5 Å². The number of fused-ring (bicyclic) bond motifs is 5. The summed E-state index contributed by atoms with van der Waals surface area (Å²) in [7, 11) is -1.83. The molecule has 1 aliphatic rings. The summed E-state index contributed by atoms with van der Waals surface area (Å²) < 4.78 is 44.7. The Hall–Kier alpha value is -7.23. The summed E-state index contributed by atoms with van der Waals surface area (Å²) in [6.45, 7) is 5.67. The van der Waals surface area contributed by atoms with Crippen LogP contribution in [0.3, 0.4) is 0 Å². The lowest BCUT2D eigenvalue weighted by Gasteiger charge is -2.33. The summed E-state index contributed by atoms with van der Waals surface area (Å²) in [5, 5.41) is 24.8. The largest absolute Gasteiger partial charge is 0.492 e. The van der Waals surface area contributed by atoms with E-state index in [0.29, 0.717) is 28.3 Å². The highest BCUT2D eigenvalue weighted by atomic mass is 32.2. The lowest BCUT2D eigenvalue weighted by Crippen LogP contribution is -2.57. The first kappa shape index (κ1) is 52.7. The third-order valence-electron chi connectivity index (χ3n) is 11.0. The highest BCUT2D eigenvalue weighted by molar-refractivity contribution is 7.87. The second kappa shape index (κ2) is 23.7. The third kappa shape index (κ3) is 13.3. The fourth-order valence-electron chi connectivity index (χ4n) is 7.64. The summed E-state index contributed by atoms with van der Waals surface area (Å²) in [6.07, 6.45) is 0.752. The van der Waals surface area contributed by atoms with Crippen LogP contribution in [0.25, 0.3) is 22.5 Å². The first-order valence-corrected chi connectivity index (χ1v) is 23.4. The van der Waals surface area contributed by atoms with Gasteiger partial charge in [-0.2, -0.15) is 18.4 Å². The van der Waals surface area contributed by atoms with Gasteiger partial charge in [0.05, 0.1) is 30.1 Å². The molecular weight excluding hydrogens is 913 g/mol. The molecule has 23 heteroatoms. The van der Waals surface area contributed by atoms with Crippen LogP contribution < -0.4 is 56.8 Å². The van der Waals surface area contributed by atoms with E-state index in [9.17, 15) is 37.7 Å². The molecule has 2 heterocycles. The van der Waals surface area contributed by atoms with E-state index >= 15 is 0 Å². The van der Waals surface area contributed by atoms with Crippen molar-refractivity contribution in [1.29, 1.82) is 5.26 Å². The molecule has 22 nitrogen and oxygen atoms in total. The van der Waals surface area contributed by atoms with Crippen molar-refractivity contribution in [3.8, 4) is 45.8 Å². The number of nitrogens with zero attached hydrogens (tertiary/aromatic N) is 4. The van der Waals surface area contributed by atoms with Crippen LogP contribution in [-0.2, 0) is 42.2 Å². The van der Waals surface area contributed by atoms with Crippen LogP contribution in [-0.4, -0.2) is 124 Å². The third-order valence-corrected chi connectivity index (χ3v) is 11.6. The molecule has 0 spiro atoms. The fourth-order valence-corrected chi connectivity index (χ4v) is 8.04. The maximum atomic E-state index is 14.9. The number of nitrogens with one attached hydrogen (secondary N) is 5. The normalized spacial score (nSPS) is 16.4.